The average Bonchev–Trinajstić information content (AvgIpc) is 2.82. The molecule has 0 aromatic carbocycles. The molecule has 2 aromatic rings. The topological polar surface area (TPSA) is 94.8 Å². The Morgan fingerprint density at radius 1 is 1.29 bits per heavy atom. The number of nitrogens with zero attached hydrogens (tertiary/aromatic N) is 5. The molecule has 0 bridgehead atoms. The summed E-state index contributed by atoms with van der Waals surface area (Å²) in [6, 6.07) is 0.739. The van der Waals surface area contributed by atoms with E-state index in [-0.39, 0.29) is 11.5 Å². The Hall–Kier alpha value is -2.72. The van der Waals surface area contributed by atoms with E-state index in [4.69, 9.17) is 4.74 Å². The number of ether oxygens (including phenoxy) is 1. The van der Waals surface area contributed by atoms with Crippen molar-refractivity contribution in [1.82, 2.24) is 25.2 Å². The number of hydrogen-bond donors (Lipinski definition) is 1. The van der Waals surface area contributed by atoms with Crippen molar-refractivity contribution < 1.29 is 22.7 Å². The SMILES string of the molecule is Cn1nnc(-c2ncc(NC(=O)OC(C)(C)C)cc2C(F)(F)F)n1. The van der Waals surface area contributed by atoms with Gasteiger partial charge in [0.15, 0.2) is 0 Å². The molecule has 8 nitrogen and oxygen atoms in total. The predicted octanol–water partition coefficient (Wildman–Crippen LogP) is 2.64. The third-order valence-electron chi connectivity index (χ3n) is 2.56. The van der Waals surface area contributed by atoms with Gasteiger partial charge in [-0.25, -0.2) is 9.78 Å². The summed E-state index contributed by atoms with van der Waals surface area (Å²) in [4.78, 5) is 16.4. The second-order valence-electron chi connectivity index (χ2n) is 5.85. The lowest BCUT2D eigenvalue weighted by atomic mass is 10.1. The van der Waals surface area contributed by atoms with Gasteiger partial charge in [-0.3, -0.25) is 5.32 Å². The van der Waals surface area contributed by atoms with Crippen LogP contribution in [0.2, 0.25) is 0 Å². The number of carbonyl (C=O) groups is 1. The zero-order valence-corrected chi connectivity index (χ0v) is 13.3. The van der Waals surface area contributed by atoms with Crippen molar-refractivity contribution in [2.45, 2.75) is 32.5 Å². The van der Waals surface area contributed by atoms with Gasteiger partial charge in [-0.15, -0.1) is 10.2 Å². The minimum absolute atomic E-state index is 0.163. The number of tetrazole rings is 1. The Balaban J connectivity index is 2.35. The van der Waals surface area contributed by atoms with Crippen molar-refractivity contribution in [2.24, 2.45) is 7.05 Å². The van der Waals surface area contributed by atoms with Gasteiger partial charge in [0.05, 0.1) is 24.5 Å². The van der Waals surface area contributed by atoms with Crippen LogP contribution in [0.3, 0.4) is 0 Å². The molecule has 0 unspecified atom stereocenters. The van der Waals surface area contributed by atoms with E-state index in [1.807, 2.05) is 0 Å². The smallest absolute Gasteiger partial charge is 0.418 e. The first-order chi connectivity index (χ1) is 11.0. The normalized spacial score (nSPS) is 12.1. The summed E-state index contributed by atoms with van der Waals surface area (Å²) < 4.78 is 44.8. The fourth-order valence-corrected chi connectivity index (χ4v) is 1.73. The molecule has 1 amide bonds. The second kappa shape index (κ2) is 6.06. The van der Waals surface area contributed by atoms with Crippen LogP contribution in [-0.2, 0) is 18.0 Å². The Bertz CT molecular complexity index is 751. The largest absolute Gasteiger partial charge is 0.444 e. The molecule has 0 aliphatic carbocycles. The number of amides is 1. The zero-order chi connectivity index (χ0) is 18.1. The maximum Gasteiger partial charge on any atom is 0.418 e. The number of anilines is 1. The number of halogens is 3. The number of hydrogen-bond acceptors (Lipinski definition) is 6. The van der Waals surface area contributed by atoms with E-state index in [9.17, 15) is 18.0 Å². The first-order valence-electron chi connectivity index (χ1n) is 6.77. The van der Waals surface area contributed by atoms with E-state index in [1.54, 1.807) is 20.8 Å². The molecule has 0 saturated heterocycles. The van der Waals surface area contributed by atoms with Gasteiger partial charge in [0.1, 0.15) is 11.3 Å². The lowest BCUT2D eigenvalue weighted by Gasteiger charge is -2.20. The van der Waals surface area contributed by atoms with Crippen molar-refractivity contribution in [1.29, 1.82) is 0 Å². The van der Waals surface area contributed by atoms with Crippen LogP contribution in [0.5, 0.6) is 0 Å². The molecule has 2 aromatic heterocycles. The minimum atomic E-state index is -4.72. The summed E-state index contributed by atoms with van der Waals surface area (Å²) in [5.41, 5.74) is -2.52. The highest BCUT2D eigenvalue weighted by Gasteiger charge is 2.36. The summed E-state index contributed by atoms with van der Waals surface area (Å²) >= 11 is 0. The van der Waals surface area contributed by atoms with Crippen LogP contribution in [0.1, 0.15) is 26.3 Å². The standard InChI is InChI=1S/C13H15F3N6O2/c1-12(2,3)24-11(23)18-7-5-8(13(14,15)16)9(17-6-7)10-19-21-22(4)20-10/h5-6H,1-4H3,(H,18,23). The molecular weight excluding hydrogens is 329 g/mol. The van der Waals surface area contributed by atoms with Gasteiger partial charge in [0.25, 0.3) is 0 Å². The Morgan fingerprint density at radius 3 is 2.46 bits per heavy atom. The second-order valence-corrected chi connectivity index (χ2v) is 5.85. The fourth-order valence-electron chi connectivity index (χ4n) is 1.73. The molecule has 0 aliphatic heterocycles. The number of aromatic nitrogens is 5. The predicted molar refractivity (Wildman–Crippen MR) is 76.9 cm³/mol. The van der Waals surface area contributed by atoms with Gasteiger partial charge in [-0.2, -0.15) is 18.0 Å². The molecule has 2 rings (SSSR count). The summed E-state index contributed by atoms with van der Waals surface area (Å²) in [5.74, 6) is -0.270. The Labute approximate surface area is 135 Å². The number of pyridine rings is 1. The molecule has 0 spiro atoms. The maximum atomic E-state index is 13.3. The lowest BCUT2D eigenvalue weighted by molar-refractivity contribution is -0.137. The highest BCUT2D eigenvalue weighted by atomic mass is 19.4. The van der Waals surface area contributed by atoms with Gasteiger partial charge < -0.3 is 4.74 Å². The molecule has 11 heteroatoms. The van der Waals surface area contributed by atoms with Crippen LogP contribution < -0.4 is 5.32 Å². The molecule has 0 saturated carbocycles. The van der Waals surface area contributed by atoms with Gasteiger partial charge in [-0.1, -0.05) is 0 Å². The van der Waals surface area contributed by atoms with Crippen LogP contribution in [0.4, 0.5) is 23.7 Å². The first kappa shape index (κ1) is 17.6. The van der Waals surface area contributed by atoms with Crippen LogP contribution in [0, 0.1) is 0 Å². The number of carbonyl (C=O) groups excluding carboxylic acids is 1. The van der Waals surface area contributed by atoms with E-state index in [1.165, 1.54) is 7.05 Å². The number of alkyl halides is 3. The minimum Gasteiger partial charge on any atom is -0.444 e. The van der Waals surface area contributed by atoms with E-state index < -0.39 is 29.1 Å². The quantitative estimate of drug-likeness (QED) is 0.900. The van der Waals surface area contributed by atoms with Crippen molar-refractivity contribution in [3.8, 4) is 11.5 Å². The van der Waals surface area contributed by atoms with Crippen molar-refractivity contribution in [3.05, 3.63) is 17.8 Å². The monoisotopic (exact) mass is 344 g/mol. The summed E-state index contributed by atoms with van der Waals surface area (Å²) in [5, 5.41) is 12.9. The summed E-state index contributed by atoms with van der Waals surface area (Å²) in [7, 11) is 1.42. The molecule has 0 aliphatic rings. The van der Waals surface area contributed by atoms with Gasteiger partial charge in [-0.05, 0) is 32.1 Å². The lowest BCUT2D eigenvalue weighted by Crippen LogP contribution is -2.27. The molecule has 130 valence electrons. The third-order valence-corrected chi connectivity index (χ3v) is 2.56. The van der Waals surface area contributed by atoms with Crippen molar-refractivity contribution >= 4 is 11.8 Å². The van der Waals surface area contributed by atoms with Crippen LogP contribution in [0.15, 0.2) is 12.3 Å². The number of aryl methyl sites for hydroxylation is 1. The first-order valence-corrected chi connectivity index (χ1v) is 6.77. The molecule has 0 atom stereocenters. The highest BCUT2D eigenvalue weighted by Crippen LogP contribution is 2.36. The average molecular weight is 344 g/mol. The van der Waals surface area contributed by atoms with E-state index in [2.05, 4.69) is 25.7 Å². The van der Waals surface area contributed by atoms with Crippen molar-refractivity contribution in [3.63, 3.8) is 0 Å². The zero-order valence-electron chi connectivity index (χ0n) is 13.3. The third kappa shape index (κ3) is 4.40. The van der Waals surface area contributed by atoms with E-state index in [0.717, 1.165) is 17.1 Å². The number of nitrogens with one attached hydrogen (secondary N) is 1. The number of rotatable bonds is 2. The molecular formula is C13H15F3N6O2. The summed E-state index contributed by atoms with van der Waals surface area (Å²) in [6.07, 6.45) is -4.54. The van der Waals surface area contributed by atoms with Crippen LogP contribution >= 0.6 is 0 Å². The Kier molecular flexibility index (Phi) is 4.45. The van der Waals surface area contributed by atoms with Crippen LogP contribution in [0.25, 0.3) is 11.5 Å². The highest BCUT2D eigenvalue weighted by molar-refractivity contribution is 5.85. The molecule has 24 heavy (non-hydrogen) atoms. The van der Waals surface area contributed by atoms with Crippen molar-refractivity contribution in [2.75, 3.05) is 5.32 Å². The van der Waals surface area contributed by atoms with Crippen LogP contribution in [-0.4, -0.2) is 36.9 Å². The fraction of sp³-hybridized carbons (Fsp3) is 0.462. The molecule has 1 N–H and O–H groups in total. The molecule has 0 radical (unpaired) electrons. The van der Waals surface area contributed by atoms with Gasteiger partial charge >= 0.3 is 12.3 Å². The van der Waals surface area contributed by atoms with E-state index >= 15 is 0 Å². The van der Waals surface area contributed by atoms with Gasteiger partial charge in [0, 0.05) is 0 Å². The Morgan fingerprint density at radius 2 is 1.96 bits per heavy atom. The molecule has 0 fully saturated rings. The molecule has 2 heterocycles. The van der Waals surface area contributed by atoms with Gasteiger partial charge in [0.2, 0.25) is 5.82 Å². The van der Waals surface area contributed by atoms with E-state index in [0.29, 0.717) is 0 Å². The summed E-state index contributed by atoms with van der Waals surface area (Å²) in [6.45, 7) is 4.90. The maximum absolute atomic E-state index is 13.3.